The van der Waals surface area contributed by atoms with Crippen LogP contribution in [0.4, 0.5) is 5.13 Å². The van der Waals surface area contributed by atoms with Gasteiger partial charge in [0, 0.05) is 19.4 Å². The summed E-state index contributed by atoms with van der Waals surface area (Å²) < 4.78 is 4.70. The molecule has 0 N–H and O–H groups in total. The number of anilines is 1. The minimum Gasteiger partial charge on any atom is -0.469 e. The van der Waals surface area contributed by atoms with Gasteiger partial charge in [0.05, 0.1) is 23.6 Å². The fourth-order valence-corrected chi connectivity index (χ4v) is 4.09. The highest BCUT2D eigenvalue weighted by Gasteiger charge is 2.39. The number of carbonyl (C=O) groups excluding carboxylic acids is 3. The van der Waals surface area contributed by atoms with Crippen LogP contribution in [0.15, 0.2) is 0 Å². The number of esters is 1. The SMILES string of the molecule is COC(=O)C1CC(=O)N(c2nc3c(s2)C(=O)CC(C)(C)C3)C1. The number of carbonyl (C=O) groups is 3. The first kappa shape index (κ1) is 15.1. The van der Waals surface area contributed by atoms with E-state index in [2.05, 4.69) is 4.98 Å². The zero-order valence-corrected chi connectivity index (χ0v) is 13.7. The number of aromatic nitrogens is 1. The van der Waals surface area contributed by atoms with Gasteiger partial charge in [-0.05, 0) is 11.8 Å². The Labute approximate surface area is 132 Å². The van der Waals surface area contributed by atoms with Gasteiger partial charge in [0.15, 0.2) is 10.9 Å². The van der Waals surface area contributed by atoms with Crippen molar-refractivity contribution in [2.45, 2.75) is 33.1 Å². The van der Waals surface area contributed by atoms with E-state index >= 15 is 0 Å². The van der Waals surface area contributed by atoms with Crippen molar-refractivity contribution in [3.05, 3.63) is 10.6 Å². The van der Waals surface area contributed by atoms with Gasteiger partial charge in [-0.1, -0.05) is 25.2 Å². The Bertz CT molecular complexity index is 664. The molecule has 22 heavy (non-hydrogen) atoms. The zero-order chi connectivity index (χ0) is 16.1. The smallest absolute Gasteiger partial charge is 0.311 e. The summed E-state index contributed by atoms with van der Waals surface area (Å²) in [5.74, 6) is -0.890. The van der Waals surface area contributed by atoms with Crippen LogP contribution < -0.4 is 4.90 Å². The van der Waals surface area contributed by atoms with E-state index in [9.17, 15) is 14.4 Å². The molecule has 1 aliphatic heterocycles. The molecule has 3 rings (SSSR count). The van der Waals surface area contributed by atoms with E-state index < -0.39 is 5.92 Å². The average Bonchev–Trinajstić information content (AvgIpc) is 3.00. The number of hydrogen-bond donors (Lipinski definition) is 0. The molecule has 1 aromatic rings. The molecule has 1 atom stereocenters. The lowest BCUT2D eigenvalue weighted by molar-refractivity contribution is -0.145. The van der Waals surface area contributed by atoms with E-state index in [1.165, 1.54) is 23.3 Å². The highest BCUT2D eigenvalue weighted by molar-refractivity contribution is 7.17. The predicted octanol–water partition coefficient (Wildman–Crippen LogP) is 1.82. The molecule has 1 saturated heterocycles. The maximum absolute atomic E-state index is 12.2. The third-order valence-electron chi connectivity index (χ3n) is 4.11. The maximum atomic E-state index is 12.2. The molecule has 0 bridgehead atoms. The molecule has 1 unspecified atom stereocenters. The number of amides is 1. The topological polar surface area (TPSA) is 76.6 Å². The monoisotopic (exact) mass is 322 g/mol. The van der Waals surface area contributed by atoms with Gasteiger partial charge in [-0.25, -0.2) is 4.98 Å². The van der Waals surface area contributed by atoms with Gasteiger partial charge in [0.1, 0.15) is 0 Å². The summed E-state index contributed by atoms with van der Waals surface area (Å²) in [7, 11) is 1.32. The number of fused-ring (bicyclic) bond motifs is 1. The van der Waals surface area contributed by atoms with Crippen LogP contribution in [0.25, 0.3) is 0 Å². The van der Waals surface area contributed by atoms with Gasteiger partial charge in [0.25, 0.3) is 0 Å². The van der Waals surface area contributed by atoms with Crippen molar-refractivity contribution in [2.75, 3.05) is 18.6 Å². The van der Waals surface area contributed by atoms with Crippen molar-refractivity contribution in [2.24, 2.45) is 11.3 Å². The summed E-state index contributed by atoms with van der Waals surface area (Å²) in [6.07, 6.45) is 1.36. The number of ketones is 1. The minimum atomic E-state index is -0.453. The molecule has 6 nitrogen and oxygen atoms in total. The lowest BCUT2D eigenvalue weighted by atomic mass is 9.78. The molecule has 0 saturated carbocycles. The molecule has 0 radical (unpaired) electrons. The molecule has 2 heterocycles. The van der Waals surface area contributed by atoms with Gasteiger partial charge in [0.2, 0.25) is 5.91 Å². The Kier molecular flexibility index (Phi) is 3.55. The normalized spacial score (nSPS) is 23.6. The fourth-order valence-electron chi connectivity index (χ4n) is 3.04. The molecule has 0 aromatic carbocycles. The molecule has 1 fully saturated rings. The second-order valence-corrected chi connectivity index (χ2v) is 7.62. The van der Waals surface area contributed by atoms with Gasteiger partial charge in [-0.3, -0.25) is 19.3 Å². The van der Waals surface area contributed by atoms with Crippen molar-refractivity contribution in [1.82, 2.24) is 4.98 Å². The first-order chi connectivity index (χ1) is 10.3. The van der Waals surface area contributed by atoms with E-state index in [1.807, 2.05) is 13.8 Å². The van der Waals surface area contributed by atoms with E-state index in [0.717, 1.165) is 12.1 Å². The third-order valence-corrected chi connectivity index (χ3v) is 5.28. The Morgan fingerprint density at radius 3 is 2.77 bits per heavy atom. The Balaban J connectivity index is 1.87. The average molecular weight is 322 g/mol. The van der Waals surface area contributed by atoms with Crippen LogP contribution >= 0.6 is 11.3 Å². The number of hydrogen-bond acceptors (Lipinski definition) is 6. The number of thiazole rings is 1. The van der Waals surface area contributed by atoms with Gasteiger partial charge >= 0.3 is 5.97 Å². The molecule has 1 aliphatic carbocycles. The Morgan fingerprint density at radius 1 is 1.36 bits per heavy atom. The molecule has 1 aromatic heterocycles. The van der Waals surface area contributed by atoms with Crippen LogP contribution in [0.5, 0.6) is 0 Å². The molecule has 0 spiro atoms. The van der Waals surface area contributed by atoms with Crippen LogP contribution in [0, 0.1) is 11.3 Å². The summed E-state index contributed by atoms with van der Waals surface area (Å²) in [4.78, 5) is 42.6. The van der Waals surface area contributed by atoms with Crippen LogP contribution in [0.2, 0.25) is 0 Å². The number of ether oxygens (including phenoxy) is 1. The van der Waals surface area contributed by atoms with Gasteiger partial charge in [-0.15, -0.1) is 0 Å². The highest BCUT2D eigenvalue weighted by atomic mass is 32.1. The van der Waals surface area contributed by atoms with Crippen LogP contribution in [0.3, 0.4) is 0 Å². The van der Waals surface area contributed by atoms with E-state index in [1.54, 1.807) is 0 Å². The van der Waals surface area contributed by atoms with E-state index in [4.69, 9.17) is 4.74 Å². The first-order valence-electron chi connectivity index (χ1n) is 7.22. The quantitative estimate of drug-likeness (QED) is 0.776. The second kappa shape index (κ2) is 5.15. The molecule has 7 heteroatoms. The van der Waals surface area contributed by atoms with Gasteiger partial charge < -0.3 is 4.74 Å². The molecule has 118 valence electrons. The van der Waals surface area contributed by atoms with E-state index in [-0.39, 0.29) is 36.0 Å². The first-order valence-corrected chi connectivity index (χ1v) is 8.03. The van der Waals surface area contributed by atoms with Crippen molar-refractivity contribution < 1.29 is 19.1 Å². The molecule has 1 amide bonds. The Hall–Kier alpha value is -1.76. The van der Waals surface area contributed by atoms with Crippen molar-refractivity contribution >= 4 is 34.1 Å². The number of nitrogens with zero attached hydrogens (tertiary/aromatic N) is 2. The maximum Gasteiger partial charge on any atom is 0.311 e. The summed E-state index contributed by atoms with van der Waals surface area (Å²) >= 11 is 1.26. The minimum absolute atomic E-state index is 0.0890. The highest BCUT2D eigenvalue weighted by Crippen LogP contribution is 2.40. The molecular formula is C15H18N2O4S. The molecular weight excluding hydrogens is 304 g/mol. The third kappa shape index (κ3) is 2.54. The summed E-state index contributed by atoms with van der Waals surface area (Å²) in [5, 5.41) is 0.521. The number of Topliss-reactive ketones (excluding diaryl/α,β-unsaturated/α-hetero) is 1. The number of rotatable bonds is 2. The lowest BCUT2D eigenvalue weighted by Crippen LogP contribution is -2.27. The van der Waals surface area contributed by atoms with Crippen molar-refractivity contribution in [3.8, 4) is 0 Å². The van der Waals surface area contributed by atoms with Crippen molar-refractivity contribution in [1.29, 1.82) is 0 Å². The van der Waals surface area contributed by atoms with Crippen LogP contribution in [-0.2, 0) is 20.7 Å². The van der Waals surface area contributed by atoms with Crippen LogP contribution in [-0.4, -0.2) is 36.3 Å². The van der Waals surface area contributed by atoms with Crippen LogP contribution in [0.1, 0.15) is 42.1 Å². The van der Waals surface area contributed by atoms with Crippen molar-refractivity contribution in [3.63, 3.8) is 0 Å². The largest absolute Gasteiger partial charge is 0.469 e. The standard InChI is InChI=1S/C15H18N2O4S/c1-15(2)5-9-12(10(18)6-15)22-14(16-9)17-7-8(4-11(17)19)13(20)21-3/h8H,4-7H2,1-3H3. The Morgan fingerprint density at radius 2 is 2.09 bits per heavy atom. The second-order valence-electron chi connectivity index (χ2n) is 6.64. The zero-order valence-electron chi connectivity index (χ0n) is 12.8. The lowest BCUT2D eigenvalue weighted by Gasteiger charge is -2.26. The number of methoxy groups -OCH3 is 1. The van der Waals surface area contributed by atoms with Gasteiger partial charge in [-0.2, -0.15) is 0 Å². The summed E-state index contributed by atoms with van der Waals surface area (Å²) in [5.41, 5.74) is 0.675. The predicted molar refractivity (Wildman–Crippen MR) is 81.0 cm³/mol. The fraction of sp³-hybridized carbons (Fsp3) is 0.600. The summed E-state index contributed by atoms with van der Waals surface area (Å²) in [6, 6.07) is 0. The van der Waals surface area contributed by atoms with E-state index in [0.29, 0.717) is 16.4 Å². The summed E-state index contributed by atoms with van der Waals surface area (Å²) in [6.45, 7) is 4.36. The molecule has 2 aliphatic rings.